The van der Waals surface area contributed by atoms with E-state index < -0.39 is 17.8 Å². The zero-order valence-electron chi connectivity index (χ0n) is 16.8. The van der Waals surface area contributed by atoms with Crippen molar-refractivity contribution in [3.05, 3.63) is 51.2 Å². The molecule has 0 radical (unpaired) electrons. The van der Waals surface area contributed by atoms with Gasteiger partial charge in [0.25, 0.3) is 5.91 Å². The minimum atomic E-state index is -0.473. The summed E-state index contributed by atoms with van der Waals surface area (Å²) in [6, 6.07) is 8.24. The zero-order valence-corrected chi connectivity index (χ0v) is 17.6. The molecule has 1 amide bonds. The third-order valence-corrected chi connectivity index (χ3v) is 5.83. The van der Waals surface area contributed by atoms with E-state index in [9.17, 15) is 14.4 Å². The van der Waals surface area contributed by atoms with Crippen LogP contribution in [0.15, 0.2) is 30.3 Å². The molecular weight excluding hydrogens is 390 g/mol. The molecule has 0 aliphatic heterocycles. The molecule has 0 saturated carbocycles. The highest BCUT2D eigenvalue weighted by molar-refractivity contribution is 7.14. The van der Waals surface area contributed by atoms with Crippen LogP contribution in [0.25, 0.3) is 0 Å². The molecule has 29 heavy (non-hydrogen) atoms. The number of anilines is 1. The maximum absolute atomic E-state index is 12.3. The van der Waals surface area contributed by atoms with E-state index >= 15 is 0 Å². The normalized spacial score (nSPS) is 15.5. The number of fused-ring (bicyclic) bond motifs is 1. The zero-order chi connectivity index (χ0) is 21.0. The van der Waals surface area contributed by atoms with Gasteiger partial charge in [-0.1, -0.05) is 6.92 Å². The van der Waals surface area contributed by atoms with Crippen molar-refractivity contribution in [2.24, 2.45) is 5.92 Å². The summed E-state index contributed by atoms with van der Waals surface area (Å²) in [6.45, 7) is 5.40. The number of esters is 2. The molecule has 0 unspecified atom stereocenters. The molecule has 1 N–H and O–H groups in total. The van der Waals surface area contributed by atoms with Crippen LogP contribution < -0.4 is 5.32 Å². The van der Waals surface area contributed by atoms with Crippen LogP contribution in [0.1, 0.15) is 57.7 Å². The number of aryl methyl sites for hydroxylation is 1. The van der Waals surface area contributed by atoms with Gasteiger partial charge in [-0.3, -0.25) is 4.79 Å². The molecule has 0 bridgehead atoms. The Morgan fingerprint density at radius 1 is 1.17 bits per heavy atom. The number of rotatable bonds is 6. The molecule has 1 aliphatic carbocycles. The van der Waals surface area contributed by atoms with Crippen molar-refractivity contribution in [3.8, 4) is 0 Å². The fourth-order valence-corrected chi connectivity index (χ4v) is 4.28. The lowest BCUT2D eigenvalue weighted by Crippen LogP contribution is -2.20. The van der Waals surface area contributed by atoms with E-state index in [1.54, 1.807) is 38.1 Å². The van der Waals surface area contributed by atoms with E-state index in [1.165, 1.54) is 21.8 Å². The Kier molecular flexibility index (Phi) is 6.69. The van der Waals surface area contributed by atoms with Crippen molar-refractivity contribution < 1.29 is 23.9 Å². The lowest BCUT2D eigenvalue weighted by Gasteiger charge is -2.16. The molecule has 1 heterocycles. The second-order valence-corrected chi connectivity index (χ2v) is 8.70. The van der Waals surface area contributed by atoms with Crippen LogP contribution in [0.2, 0.25) is 0 Å². The van der Waals surface area contributed by atoms with E-state index in [-0.39, 0.29) is 12.7 Å². The fourth-order valence-electron chi connectivity index (χ4n) is 3.18. The molecule has 0 saturated heterocycles. The van der Waals surface area contributed by atoms with Gasteiger partial charge in [-0.05, 0) is 74.9 Å². The first kappa shape index (κ1) is 21.0. The Balaban J connectivity index is 1.50. The smallest absolute Gasteiger partial charge is 0.348 e. The number of ether oxygens (including phenoxy) is 2. The highest BCUT2D eigenvalue weighted by Crippen LogP contribution is 2.32. The number of carbonyl (C=O) groups is 3. The lowest BCUT2D eigenvalue weighted by atomic mass is 9.90. The molecule has 7 heteroatoms. The van der Waals surface area contributed by atoms with E-state index in [2.05, 4.69) is 12.2 Å². The average molecular weight is 416 g/mol. The van der Waals surface area contributed by atoms with Crippen LogP contribution in [0.3, 0.4) is 0 Å². The Morgan fingerprint density at radius 3 is 2.59 bits per heavy atom. The minimum Gasteiger partial charge on any atom is -0.459 e. The second-order valence-electron chi connectivity index (χ2n) is 7.56. The number of hydrogen-bond acceptors (Lipinski definition) is 6. The summed E-state index contributed by atoms with van der Waals surface area (Å²) in [4.78, 5) is 38.0. The number of carbonyl (C=O) groups excluding carboxylic acids is 3. The molecule has 1 aromatic heterocycles. The first-order valence-electron chi connectivity index (χ1n) is 9.71. The minimum absolute atomic E-state index is 0.200. The molecule has 2 aromatic rings. The quantitative estimate of drug-likeness (QED) is 0.714. The molecule has 1 aliphatic rings. The van der Waals surface area contributed by atoms with Gasteiger partial charge in [0.15, 0.2) is 6.61 Å². The number of nitrogens with one attached hydrogen (secondary N) is 1. The molecule has 0 fully saturated rings. The summed E-state index contributed by atoms with van der Waals surface area (Å²) < 4.78 is 10.3. The van der Waals surface area contributed by atoms with Crippen molar-refractivity contribution in [3.63, 3.8) is 0 Å². The summed E-state index contributed by atoms with van der Waals surface area (Å²) in [5.74, 6) is -0.699. The van der Waals surface area contributed by atoms with Crippen LogP contribution >= 0.6 is 11.3 Å². The Bertz CT molecular complexity index is 900. The average Bonchev–Trinajstić information content (AvgIpc) is 3.09. The number of thiophene rings is 1. The van der Waals surface area contributed by atoms with Gasteiger partial charge in [-0.15, -0.1) is 11.3 Å². The standard InChI is InChI=1S/C22H25NO5S/c1-13(2)28-21(25)15-5-7-17(8-6-15)23-20(24)12-27-22(26)19-11-16-10-14(3)4-9-18(16)29-19/h5-8,11,13-14H,4,9-10,12H2,1-3H3,(H,23,24)/t14-/m0/s1. The van der Waals surface area contributed by atoms with Gasteiger partial charge in [-0.2, -0.15) is 0 Å². The first-order chi connectivity index (χ1) is 13.8. The van der Waals surface area contributed by atoms with Crippen LogP contribution in [0, 0.1) is 5.92 Å². The van der Waals surface area contributed by atoms with Gasteiger partial charge in [0.2, 0.25) is 0 Å². The Morgan fingerprint density at radius 2 is 1.90 bits per heavy atom. The first-order valence-corrected chi connectivity index (χ1v) is 10.5. The van der Waals surface area contributed by atoms with Gasteiger partial charge in [0.05, 0.1) is 11.7 Å². The summed E-state index contributed by atoms with van der Waals surface area (Å²) in [5.41, 5.74) is 2.13. The van der Waals surface area contributed by atoms with E-state index in [4.69, 9.17) is 9.47 Å². The predicted molar refractivity (Wildman–Crippen MR) is 111 cm³/mol. The van der Waals surface area contributed by atoms with Crippen molar-refractivity contribution in [1.29, 1.82) is 0 Å². The Labute approximate surface area is 174 Å². The fraction of sp³-hybridized carbons (Fsp3) is 0.409. The molecule has 1 aromatic carbocycles. The maximum Gasteiger partial charge on any atom is 0.348 e. The van der Waals surface area contributed by atoms with Gasteiger partial charge in [-0.25, -0.2) is 9.59 Å². The number of hydrogen-bond donors (Lipinski definition) is 1. The third-order valence-electron chi connectivity index (χ3n) is 4.61. The number of amides is 1. The topological polar surface area (TPSA) is 81.7 Å². The van der Waals surface area contributed by atoms with Crippen molar-refractivity contribution >= 4 is 34.9 Å². The van der Waals surface area contributed by atoms with Crippen molar-refractivity contribution in [1.82, 2.24) is 0 Å². The summed E-state index contributed by atoms with van der Waals surface area (Å²) in [7, 11) is 0. The molecule has 6 nitrogen and oxygen atoms in total. The van der Waals surface area contributed by atoms with Gasteiger partial charge < -0.3 is 14.8 Å². The SMILES string of the molecule is CC(C)OC(=O)c1ccc(NC(=O)COC(=O)c2cc3c(s2)CC[C@H](C)C3)cc1. The lowest BCUT2D eigenvalue weighted by molar-refractivity contribution is -0.119. The van der Waals surface area contributed by atoms with Gasteiger partial charge >= 0.3 is 11.9 Å². The van der Waals surface area contributed by atoms with Crippen molar-refractivity contribution in [2.75, 3.05) is 11.9 Å². The van der Waals surface area contributed by atoms with Gasteiger partial charge in [0, 0.05) is 10.6 Å². The van der Waals surface area contributed by atoms with Crippen LogP contribution in [-0.2, 0) is 27.1 Å². The summed E-state index contributed by atoms with van der Waals surface area (Å²) >= 11 is 1.46. The monoisotopic (exact) mass is 415 g/mol. The summed E-state index contributed by atoms with van der Waals surface area (Å²) in [5, 5.41) is 2.65. The van der Waals surface area contributed by atoms with Crippen LogP contribution in [-0.4, -0.2) is 30.6 Å². The van der Waals surface area contributed by atoms with Crippen LogP contribution in [0.5, 0.6) is 0 Å². The van der Waals surface area contributed by atoms with Gasteiger partial charge in [0.1, 0.15) is 4.88 Å². The molecule has 154 valence electrons. The highest BCUT2D eigenvalue weighted by atomic mass is 32.1. The summed E-state index contributed by atoms with van der Waals surface area (Å²) in [6.07, 6.45) is 2.92. The predicted octanol–water partition coefficient (Wildman–Crippen LogP) is 4.23. The second kappa shape index (κ2) is 9.22. The number of benzene rings is 1. The molecule has 1 atom stereocenters. The van der Waals surface area contributed by atoms with Crippen LogP contribution in [0.4, 0.5) is 5.69 Å². The maximum atomic E-state index is 12.3. The largest absolute Gasteiger partial charge is 0.459 e. The third kappa shape index (κ3) is 5.67. The molecular formula is C22H25NO5S. The van der Waals surface area contributed by atoms with E-state index in [1.807, 2.05) is 6.07 Å². The van der Waals surface area contributed by atoms with E-state index in [0.717, 1.165) is 19.3 Å². The van der Waals surface area contributed by atoms with E-state index in [0.29, 0.717) is 22.0 Å². The highest BCUT2D eigenvalue weighted by Gasteiger charge is 2.21. The molecule has 0 spiro atoms. The Hall–Kier alpha value is -2.67. The molecule has 3 rings (SSSR count). The van der Waals surface area contributed by atoms with Crippen molar-refractivity contribution in [2.45, 2.75) is 46.1 Å².